The van der Waals surface area contributed by atoms with Crippen LogP contribution in [0.15, 0.2) is 24.3 Å². The highest BCUT2D eigenvalue weighted by molar-refractivity contribution is 5.27. The van der Waals surface area contributed by atoms with E-state index in [0.29, 0.717) is 0 Å². The first-order valence-corrected chi connectivity index (χ1v) is 7.58. The van der Waals surface area contributed by atoms with E-state index in [9.17, 15) is 0 Å². The summed E-state index contributed by atoms with van der Waals surface area (Å²) in [5, 5.41) is 0. The summed E-state index contributed by atoms with van der Waals surface area (Å²) in [5.74, 6) is 1.75. The van der Waals surface area contributed by atoms with Gasteiger partial charge in [-0.1, -0.05) is 44.0 Å². The van der Waals surface area contributed by atoms with Crippen molar-refractivity contribution in [3.63, 3.8) is 0 Å². The van der Waals surface area contributed by atoms with Crippen LogP contribution in [0.2, 0.25) is 0 Å². The molecule has 1 aromatic carbocycles. The van der Waals surface area contributed by atoms with Gasteiger partial charge in [0.2, 0.25) is 0 Å². The summed E-state index contributed by atoms with van der Waals surface area (Å²) >= 11 is 0. The molecule has 0 saturated heterocycles. The van der Waals surface area contributed by atoms with Crippen LogP contribution in [0.25, 0.3) is 0 Å². The van der Waals surface area contributed by atoms with E-state index in [-0.39, 0.29) is 0 Å². The molecular weight excluding hydrogens is 218 g/mol. The second-order valence-corrected chi connectivity index (χ2v) is 5.95. The van der Waals surface area contributed by atoms with Gasteiger partial charge >= 0.3 is 0 Å². The number of rotatable bonds is 5. The first kappa shape index (κ1) is 13.6. The maximum Gasteiger partial charge on any atom is -0.00772 e. The highest BCUT2D eigenvalue weighted by Crippen LogP contribution is 2.35. The summed E-state index contributed by atoms with van der Waals surface area (Å²) in [6.07, 6.45) is 9.13. The van der Waals surface area contributed by atoms with E-state index < -0.39 is 0 Å². The Labute approximate surface area is 112 Å². The van der Waals surface area contributed by atoms with Crippen molar-refractivity contribution in [1.29, 1.82) is 0 Å². The smallest absolute Gasteiger partial charge is 0.00772 e. The predicted octanol–water partition coefficient (Wildman–Crippen LogP) is 4.26. The average Bonchev–Trinajstić information content (AvgIpc) is 2.40. The molecule has 18 heavy (non-hydrogen) atoms. The average molecular weight is 245 g/mol. The van der Waals surface area contributed by atoms with E-state index in [1.165, 1.54) is 44.1 Å². The van der Waals surface area contributed by atoms with Crippen LogP contribution in [0.4, 0.5) is 0 Å². The fraction of sp³-hybridized carbons (Fsp3) is 0.647. The van der Waals surface area contributed by atoms with Crippen molar-refractivity contribution in [2.75, 3.05) is 6.54 Å². The molecule has 1 nitrogen and oxygen atoms in total. The van der Waals surface area contributed by atoms with Gasteiger partial charge in [-0.25, -0.2) is 0 Å². The fourth-order valence-corrected chi connectivity index (χ4v) is 3.07. The second-order valence-electron chi connectivity index (χ2n) is 5.95. The van der Waals surface area contributed by atoms with Crippen LogP contribution in [-0.4, -0.2) is 6.54 Å². The number of aryl methyl sites for hydroxylation is 1. The summed E-state index contributed by atoms with van der Waals surface area (Å²) in [7, 11) is 0. The van der Waals surface area contributed by atoms with Gasteiger partial charge in [0.1, 0.15) is 0 Å². The van der Waals surface area contributed by atoms with Gasteiger partial charge in [0, 0.05) is 0 Å². The standard InChI is InChI=1S/C17H27N/c1-14-8-10-16(11-9-14)17-7-4-6-15(13-17)5-2-3-12-18/h4,6-7,13-14,16H,2-3,5,8-12,18H2,1H3. The third-order valence-corrected chi connectivity index (χ3v) is 4.36. The van der Waals surface area contributed by atoms with Crippen LogP contribution in [0.1, 0.15) is 62.5 Å². The van der Waals surface area contributed by atoms with E-state index in [1.807, 2.05) is 0 Å². The topological polar surface area (TPSA) is 26.0 Å². The zero-order chi connectivity index (χ0) is 12.8. The third kappa shape index (κ3) is 3.84. The quantitative estimate of drug-likeness (QED) is 0.771. The SMILES string of the molecule is CC1CCC(c2cccc(CCCCN)c2)CC1. The molecule has 0 radical (unpaired) electrons. The number of nitrogens with two attached hydrogens (primary N) is 1. The van der Waals surface area contributed by atoms with E-state index in [1.54, 1.807) is 5.56 Å². The Morgan fingerprint density at radius 2 is 1.89 bits per heavy atom. The van der Waals surface area contributed by atoms with Gasteiger partial charge in [-0.15, -0.1) is 0 Å². The predicted molar refractivity (Wildman–Crippen MR) is 78.8 cm³/mol. The number of hydrogen-bond donors (Lipinski definition) is 1. The first-order chi connectivity index (χ1) is 8.79. The van der Waals surface area contributed by atoms with Crippen LogP contribution in [0.3, 0.4) is 0 Å². The largest absolute Gasteiger partial charge is 0.330 e. The summed E-state index contributed by atoms with van der Waals surface area (Å²) in [6, 6.07) is 9.28. The Morgan fingerprint density at radius 3 is 2.61 bits per heavy atom. The fourth-order valence-electron chi connectivity index (χ4n) is 3.07. The molecule has 0 aliphatic heterocycles. The molecule has 1 fully saturated rings. The Hall–Kier alpha value is -0.820. The van der Waals surface area contributed by atoms with Crippen LogP contribution < -0.4 is 5.73 Å². The minimum atomic E-state index is 0.815. The summed E-state index contributed by atoms with van der Waals surface area (Å²) in [6.45, 7) is 3.21. The van der Waals surface area contributed by atoms with Crippen LogP contribution in [0.5, 0.6) is 0 Å². The monoisotopic (exact) mass is 245 g/mol. The van der Waals surface area contributed by atoms with Gasteiger partial charge in [0.15, 0.2) is 0 Å². The Morgan fingerprint density at radius 1 is 1.11 bits per heavy atom. The molecule has 100 valence electrons. The van der Waals surface area contributed by atoms with E-state index >= 15 is 0 Å². The molecule has 0 unspecified atom stereocenters. The molecule has 1 aliphatic rings. The van der Waals surface area contributed by atoms with Crippen molar-refractivity contribution in [2.45, 2.75) is 57.8 Å². The van der Waals surface area contributed by atoms with Crippen molar-refractivity contribution < 1.29 is 0 Å². The van der Waals surface area contributed by atoms with Crippen LogP contribution in [-0.2, 0) is 6.42 Å². The van der Waals surface area contributed by atoms with Gasteiger partial charge in [0.25, 0.3) is 0 Å². The highest BCUT2D eigenvalue weighted by Gasteiger charge is 2.19. The van der Waals surface area contributed by atoms with Crippen molar-refractivity contribution in [1.82, 2.24) is 0 Å². The zero-order valence-corrected chi connectivity index (χ0v) is 11.7. The Bertz CT molecular complexity index is 350. The van der Waals surface area contributed by atoms with Gasteiger partial charge < -0.3 is 5.73 Å². The molecule has 1 heteroatoms. The molecule has 1 aromatic rings. The molecule has 2 rings (SSSR count). The number of hydrogen-bond acceptors (Lipinski definition) is 1. The molecule has 0 bridgehead atoms. The minimum Gasteiger partial charge on any atom is -0.330 e. The molecule has 0 amide bonds. The lowest BCUT2D eigenvalue weighted by Crippen LogP contribution is -2.11. The van der Waals surface area contributed by atoms with Crippen LogP contribution >= 0.6 is 0 Å². The van der Waals surface area contributed by atoms with Gasteiger partial charge in [-0.05, 0) is 61.6 Å². The van der Waals surface area contributed by atoms with Crippen molar-refractivity contribution in [2.24, 2.45) is 11.7 Å². The highest BCUT2D eigenvalue weighted by atomic mass is 14.5. The molecule has 1 saturated carbocycles. The molecular formula is C17H27N. The van der Waals surface area contributed by atoms with Gasteiger partial charge in [-0.3, -0.25) is 0 Å². The summed E-state index contributed by atoms with van der Waals surface area (Å²) in [5.41, 5.74) is 8.63. The first-order valence-electron chi connectivity index (χ1n) is 7.58. The molecule has 0 spiro atoms. The minimum absolute atomic E-state index is 0.815. The zero-order valence-electron chi connectivity index (χ0n) is 11.7. The molecule has 1 aliphatic carbocycles. The molecule has 2 N–H and O–H groups in total. The number of unbranched alkanes of at least 4 members (excludes halogenated alkanes) is 1. The number of benzene rings is 1. The van der Waals surface area contributed by atoms with E-state index in [4.69, 9.17) is 5.73 Å². The van der Waals surface area contributed by atoms with Crippen molar-refractivity contribution in [3.8, 4) is 0 Å². The van der Waals surface area contributed by atoms with Gasteiger partial charge in [0.05, 0.1) is 0 Å². The van der Waals surface area contributed by atoms with Crippen molar-refractivity contribution >= 4 is 0 Å². The maximum atomic E-state index is 5.55. The van der Waals surface area contributed by atoms with Crippen LogP contribution in [0, 0.1) is 5.92 Å². The van der Waals surface area contributed by atoms with Crippen molar-refractivity contribution in [3.05, 3.63) is 35.4 Å². The summed E-state index contributed by atoms with van der Waals surface area (Å²) < 4.78 is 0. The maximum absolute atomic E-state index is 5.55. The summed E-state index contributed by atoms with van der Waals surface area (Å²) in [4.78, 5) is 0. The lowest BCUT2D eigenvalue weighted by molar-refractivity contribution is 0.348. The van der Waals surface area contributed by atoms with E-state index in [0.717, 1.165) is 24.8 Å². The molecule has 0 atom stereocenters. The Balaban J connectivity index is 1.94. The third-order valence-electron chi connectivity index (χ3n) is 4.36. The lowest BCUT2D eigenvalue weighted by Gasteiger charge is -2.26. The molecule has 0 heterocycles. The lowest BCUT2D eigenvalue weighted by atomic mass is 9.79. The normalized spacial score (nSPS) is 24.1. The Kier molecular flexibility index (Phi) is 5.25. The van der Waals surface area contributed by atoms with Gasteiger partial charge in [-0.2, -0.15) is 0 Å². The second kappa shape index (κ2) is 6.94. The van der Waals surface area contributed by atoms with E-state index in [2.05, 4.69) is 31.2 Å². The molecule has 0 aromatic heterocycles.